The number of likely N-dealkylation sites (tertiary alicyclic amines) is 1. The van der Waals surface area contributed by atoms with Gasteiger partial charge in [-0.3, -0.25) is 4.79 Å². The summed E-state index contributed by atoms with van der Waals surface area (Å²) < 4.78 is 0. The first kappa shape index (κ1) is 14.8. The number of aryl methyl sites for hydroxylation is 1. The fourth-order valence-electron chi connectivity index (χ4n) is 2.47. The van der Waals surface area contributed by atoms with Crippen LogP contribution in [0.2, 0.25) is 0 Å². The largest absolute Gasteiger partial charge is 0.357 e. The number of carbonyl (C=O) groups is 2. The molecular weight excluding hydrogens is 274 g/mol. The second kappa shape index (κ2) is 6.26. The molecule has 0 saturated carbocycles. The van der Waals surface area contributed by atoms with Gasteiger partial charge in [0.15, 0.2) is 0 Å². The summed E-state index contributed by atoms with van der Waals surface area (Å²) in [5.74, 6) is -0.0859. The summed E-state index contributed by atoms with van der Waals surface area (Å²) in [6.45, 7) is 4.65. The predicted octanol–water partition coefficient (Wildman–Crippen LogP) is 2.04. The molecule has 2 heterocycles. The van der Waals surface area contributed by atoms with E-state index in [0.29, 0.717) is 6.54 Å². The number of amides is 3. The highest BCUT2D eigenvalue weighted by Crippen LogP contribution is 2.23. The highest BCUT2D eigenvalue weighted by molar-refractivity contribution is 7.12. The van der Waals surface area contributed by atoms with E-state index in [0.717, 1.165) is 17.7 Å². The topological polar surface area (TPSA) is 61.4 Å². The molecule has 3 amide bonds. The van der Waals surface area contributed by atoms with Crippen LogP contribution in [0.1, 0.15) is 35.6 Å². The summed E-state index contributed by atoms with van der Waals surface area (Å²) in [6, 6.07) is 3.55. The van der Waals surface area contributed by atoms with Gasteiger partial charge in [-0.25, -0.2) is 4.79 Å². The number of nitrogens with one attached hydrogen (secondary N) is 2. The van der Waals surface area contributed by atoms with Gasteiger partial charge in [-0.05, 0) is 38.8 Å². The number of carbonyl (C=O) groups excluding carboxylic acids is 2. The summed E-state index contributed by atoms with van der Waals surface area (Å²) in [7, 11) is 1.60. The van der Waals surface area contributed by atoms with E-state index in [1.807, 2.05) is 26.0 Å². The zero-order valence-corrected chi connectivity index (χ0v) is 12.9. The van der Waals surface area contributed by atoms with Crippen molar-refractivity contribution in [3.8, 4) is 0 Å². The smallest absolute Gasteiger partial charge is 0.318 e. The molecule has 110 valence electrons. The Morgan fingerprint density at radius 3 is 2.80 bits per heavy atom. The maximum absolute atomic E-state index is 12.3. The van der Waals surface area contributed by atoms with Gasteiger partial charge in [-0.15, -0.1) is 11.3 Å². The molecule has 1 aliphatic heterocycles. The Hall–Kier alpha value is -1.56. The first-order valence-electron chi connectivity index (χ1n) is 6.88. The molecule has 2 atom stereocenters. The summed E-state index contributed by atoms with van der Waals surface area (Å²) in [4.78, 5) is 28.1. The number of urea groups is 1. The molecule has 5 nitrogen and oxygen atoms in total. The summed E-state index contributed by atoms with van der Waals surface area (Å²) in [5, 5.41) is 5.60. The molecule has 2 rings (SSSR count). The van der Waals surface area contributed by atoms with Crippen LogP contribution in [0.4, 0.5) is 4.79 Å². The van der Waals surface area contributed by atoms with Crippen molar-refractivity contribution in [2.24, 2.45) is 0 Å². The minimum Gasteiger partial charge on any atom is -0.357 e. The third-order valence-corrected chi connectivity index (χ3v) is 4.77. The van der Waals surface area contributed by atoms with Gasteiger partial charge in [0.25, 0.3) is 0 Å². The van der Waals surface area contributed by atoms with E-state index in [2.05, 4.69) is 10.6 Å². The summed E-state index contributed by atoms with van der Waals surface area (Å²) in [5.41, 5.74) is 0. The monoisotopic (exact) mass is 295 g/mol. The van der Waals surface area contributed by atoms with Crippen LogP contribution in [0, 0.1) is 6.92 Å². The van der Waals surface area contributed by atoms with Crippen LogP contribution >= 0.6 is 11.3 Å². The molecular formula is C14H21N3O2S. The molecule has 0 spiro atoms. The lowest BCUT2D eigenvalue weighted by Gasteiger charge is -2.25. The van der Waals surface area contributed by atoms with Gasteiger partial charge >= 0.3 is 6.03 Å². The first-order valence-corrected chi connectivity index (χ1v) is 7.69. The molecule has 0 bridgehead atoms. The fourth-order valence-corrected chi connectivity index (χ4v) is 3.35. The number of rotatable bonds is 3. The Morgan fingerprint density at radius 1 is 1.45 bits per heavy atom. The maximum atomic E-state index is 12.3. The average molecular weight is 295 g/mol. The van der Waals surface area contributed by atoms with Gasteiger partial charge < -0.3 is 15.5 Å². The number of thiophene rings is 1. The van der Waals surface area contributed by atoms with Crippen LogP contribution in [0.25, 0.3) is 0 Å². The molecule has 1 aromatic heterocycles. The molecule has 1 aliphatic rings. The third kappa shape index (κ3) is 3.12. The fraction of sp³-hybridized carbons (Fsp3) is 0.571. The van der Waals surface area contributed by atoms with Crippen LogP contribution in [-0.4, -0.2) is 36.5 Å². The maximum Gasteiger partial charge on any atom is 0.318 e. The molecule has 20 heavy (non-hydrogen) atoms. The quantitative estimate of drug-likeness (QED) is 0.896. The first-order chi connectivity index (χ1) is 9.52. The van der Waals surface area contributed by atoms with Crippen LogP contribution in [0.15, 0.2) is 12.1 Å². The molecule has 1 fully saturated rings. The van der Waals surface area contributed by atoms with Crippen LogP contribution in [0.5, 0.6) is 0 Å². The SMILES string of the molecule is CNC(=O)[C@@H]1CCCN1C(=O)N[C@@H](C)c1ccc(C)s1. The standard InChI is InChI=1S/C14H21N3O2S/c1-9-6-7-12(20-9)10(2)16-14(19)17-8-4-5-11(17)13(18)15-3/h6-7,10-11H,4-5,8H2,1-3H3,(H,15,18)(H,16,19)/t10-,11-/m0/s1. The van der Waals surface area contributed by atoms with Crippen molar-refractivity contribution in [2.75, 3.05) is 13.6 Å². The van der Waals surface area contributed by atoms with E-state index in [1.165, 1.54) is 4.88 Å². The molecule has 0 unspecified atom stereocenters. The molecule has 0 aliphatic carbocycles. The third-order valence-electron chi connectivity index (χ3n) is 3.59. The molecule has 2 N–H and O–H groups in total. The van der Waals surface area contributed by atoms with E-state index in [1.54, 1.807) is 23.3 Å². The molecule has 0 radical (unpaired) electrons. The minimum atomic E-state index is -0.336. The lowest BCUT2D eigenvalue weighted by atomic mass is 10.2. The Balaban J connectivity index is 1.99. The highest BCUT2D eigenvalue weighted by atomic mass is 32.1. The van der Waals surface area contributed by atoms with Crippen molar-refractivity contribution in [3.63, 3.8) is 0 Å². The average Bonchev–Trinajstić information content (AvgIpc) is 3.06. The van der Waals surface area contributed by atoms with Crippen LogP contribution in [0.3, 0.4) is 0 Å². The van der Waals surface area contributed by atoms with Gasteiger partial charge in [0.05, 0.1) is 6.04 Å². The second-order valence-electron chi connectivity index (χ2n) is 5.09. The molecule has 1 aromatic rings. The number of likely N-dealkylation sites (N-methyl/N-ethyl adjacent to an activating group) is 1. The van der Waals surface area contributed by atoms with Gasteiger partial charge in [0.1, 0.15) is 6.04 Å². The predicted molar refractivity (Wildman–Crippen MR) is 79.8 cm³/mol. The van der Waals surface area contributed by atoms with E-state index in [4.69, 9.17) is 0 Å². The van der Waals surface area contributed by atoms with Gasteiger partial charge in [0, 0.05) is 23.3 Å². The van der Waals surface area contributed by atoms with Gasteiger partial charge in [-0.1, -0.05) is 0 Å². The van der Waals surface area contributed by atoms with E-state index < -0.39 is 0 Å². The van der Waals surface area contributed by atoms with Crippen molar-refractivity contribution in [2.45, 2.75) is 38.8 Å². The lowest BCUT2D eigenvalue weighted by Crippen LogP contribution is -2.49. The highest BCUT2D eigenvalue weighted by Gasteiger charge is 2.34. The normalized spacial score (nSPS) is 19.8. The van der Waals surface area contributed by atoms with Crippen molar-refractivity contribution in [1.82, 2.24) is 15.5 Å². The Kier molecular flexibility index (Phi) is 4.65. The summed E-state index contributed by atoms with van der Waals surface area (Å²) in [6.07, 6.45) is 1.61. The van der Waals surface area contributed by atoms with Crippen LogP contribution < -0.4 is 10.6 Å². The van der Waals surface area contributed by atoms with Crippen LogP contribution in [-0.2, 0) is 4.79 Å². The molecule has 1 saturated heterocycles. The second-order valence-corrected chi connectivity index (χ2v) is 6.40. The van der Waals surface area contributed by atoms with Crippen molar-refractivity contribution in [3.05, 3.63) is 21.9 Å². The lowest BCUT2D eigenvalue weighted by molar-refractivity contribution is -0.124. The number of hydrogen-bond acceptors (Lipinski definition) is 3. The minimum absolute atomic E-state index is 0.0351. The summed E-state index contributed by atoms with van der Waals surface area (Å²) >= 11 is 1.68. The number of hydrogen-bond donors (Lipinski definition) is 2. The Bertz CT molecular complexity index is 500. The van der Waals surface area contributed by atoms with Gasteiger partial charge in [-0.2, -0.15) is 0 Å². The van der Waals surface area contributed by atoms with Crippen molar-refractivity contribution >= 4 is 23.3 Å². The van der Waals surface area contributed by atoms with E-state index in [-0.39, 0.29) is 24.0 Å². The zero-order chi connectivity index (χ0) is 14.7. The van der Waals surface area contributed by atoms with Crippen molar-refractivity contribution in [1.29, 1.82) is 0 Å². The van der Waals surface area contributed by atoms with Gasteiger partial charge in [0.2, 0.25) is 5.91 Å². The van der Waals surface area contributed by atoms with Crippen molar-refractivity contribution < 1.29 is 9.59 Å². The van der Waals surface area contributed by atoms with E-state index in [9.17, 15) is 9.59 Å². The number of nitrogens with zero attached hydrogens (tertiary/aromatic N) is 1. The molecule has 6 heteroatoms. The Morgan fingerprint density at radius 2 is 2.20 bits per heavy atom. The zero-order valence-electron chi connectivity index (χ0n) is 12.1. The van der Waals surface area contributed by atoms with E-state index >= 15 is 0 Å². The molecule has 0 aromatic carbocycles. The Labute approximate surface area is 123 Å².